The zero-order valence-corrected chi connectivity index (χ0v) is 37.7. The second-order valence-corrected chi connectivity index (χ2v) is 23.5. The van der Waals surface area contributed by atoms with Gasteiger partial charge >= 0.3 is 0 Å². The molecule has 60 heavy (non-hydrogen) atoms. The second-order valence-electron chi connectivity index (χ2n) is 19.7. The first-order chi connectivity index (χ1) is 27.8. The molecule has 0 amide bonds. The lowest BCUT2D eigenvalue weighted by Crippen LogP contribution is -2.50. The number of piperazine rings is 1. The third kappa shape index (κ3) is 8.39. The molecular formula is C44H56N8O6S2. The number of phenolic OH excluding ortho intramolecular Hbond substituents is 2. The van der Waals surface area contributed by atoms with Crippen LogP contribution >= 0.6 is 0 Å². The third-order valence-electron chi connectivity index (χ3n) is 11.1. The topological polar surface area (TPSA) is 177 Å². The van der Waals surface area contributed by atoms with Crippen LogP contribution in [0.5, 0.6) is 11.5 Å². The lowest BCUT2D eigenvalue weighted by molar-refractivity contribution is 0.270. The molecule has 1 saturated heterocycles. The van der Waals surface area contributed by atoms with Crippen LogP contribution in [0.25, 0.3) is 33.4 Å². The monoisotopic (exact) mass is 856 g/mol. The first kappa shape index (κ1) is 43.2. The van der Waals surface area contributed by atoms with E-state index in [1.165, 1.54) is 30.3 Å². The van der Waals surface area contributed by atoms with E-state index >= 15 is 0 Å². The van der Waals surface area contributed by atoms with Crippen molar-refractivity contribution in [1.29, 1.82) is 0 Å². The average Bonchev–Trinajstić information content (AvgIpc) is 3.77. The number of fused-ring (bicyclic) bond motifs is 2. The van der Waals surface area contributed by atoms with Crippen LogP contribution in [0.15, 0.2) is 82.6 Å². The van der Waals surface area contributed by atoms with Gasteiger partial charge in [0.2, 0.25) is 20.0 Å². The van der Waals surface area contributed by atoms with Gasteiger partial charge < -0.3 is 10.2 Å². The van der Waals surface area contributed by atoms with Crippen molar-refractivity contribution in [2.75, 3.05) is 26.2 Å². The van der Waals surface area contributed by atoms with Crippen LogP contribution in [-0.4, -0.2) is 91.8 Å². The summed E-state index contributed by atoms with van der Waals surface area (Å²) in [5.74, 6) is -1.01. The number of phenols is 2. The molecule has 14 nitrogen and oxygen atoms in total. The molecule has 0 atom stereocenters. The van der Waals surface area contributed by atoms with Crippen molar-refractivity contribution in [3.8, 4) is 22.9 Å². The first-order valence-electron chi connectivity index (χ1n) is 20.2. The molecule has 0 bridgehead atoms. The number of hydrogen-bond donors (Lipinski definition) is 2. The van der Waals surface area contributed by atoms with Crippen molar-refractivity contribution in [3.63, 3.8) is 0 Å². The van der Waals surface area contributed by atoms with E-state index in [0.717, 1.165) is 0 Å². The summed E-state index contributed by atoms with van der Waals surface area (Å²) in [6, 6.07) is 20.9. The highest BCUT2D eigenvalue weighted by atomic mass is 32.2. The molecule has 1 fully saturated rings. The molecule has 320 valence electrons. The maximum absolute atomic E-state index is 14.6. The largest absolute Gasteiger partial charge is 0.504 e. The summed E-state index contributed by atoms with van der Waals surface area (Å²) < 4.78 is 61.0. The number of benzene rings is 4. The van der Waals surface area contributed by atoms with Gasteiger partial charge in [-0.15, -0.1) is 30.0 Å². The Morgan fingerprint density at radius 2 is 0.783 bits per heavy atom. The van der Waals surface area contributed by atoms with E-state index < -0.39 is 42.4 Å². The van der Waals surface area contributed by atoms with E-state index in [2.05, 4.69) is 61.9 Å². The Kier molecular flexibility index (Phi) is 10.7. The predicted octanol–water partition coefficient (Wildman–Crippen LogP) is 7.69. The van der Waals surface area contributed by atoms with Gasteiger partial charge in [-0.3, -0.25) is 0 Å². The van der Waals surface area contributed by atoms with Crippen LogP contribution in [0.4, 0.5) is 0 Å². The van der Waals surface area contributed by atoms with Crippen molar-refractivity contribution >= 4 is 42.1 Å². The van der Waals surface area contributed by atoms with E-state index in [1.54, 1.807) is 36.4 Å². The maximum Gasteiger partial charge on any atom is 0.246 e. The Hall–Kier alpha value is -4.90. The quantitative estimate of drug-likeness (QED) is 0.139. The zero-order chi connectivity index (χ0) is 43.8. The fourth-order valence-corrected chi connectivity index (χ4v) is 12.0. The van der Waals surface area contributed by atoms with Crippen LogP contribution in [0.2, 0.25) is 0 Å². The lowest BCUT2D eigenvalue weighted by Gasteiger charge is -2.36. The van der Waals surface area contributed by atoms with E-state index in [9.17, 15) is 27.0 Å². The Bertz CT molecular complexity index is 2570. The number of hydrogen-bond acceptors (Lipinski definition) is 10. The van der Waals surface area contributed by atoms with Gasteiger partial charge in [-0.25, -0.2) is 16.8 Å². The highest BCUT2D eigenvalue weighted by Gasteiger charge is 2.40. The molecule has 3 heterocycles. The molecular weight excluding hydrogens is 801 g/mol. The number of aromatic hydroxyl groups is 2. The fraction of sp³-hybridized carbons (Fsp3) is 0.455. The summed E-state index contributed by atoms with van der Waals surface area (Å²) in [4.78, 5) is 1.90. The van der Waals surface area contributed by atoms with Gasteiger partial charge in [-0.05, 0) is 94.2 Å². The fourth-order valence-electron chi connectivity index (χ4n) is 8.89. The predicted molar refractivity (Wildman–Crippen MR) is 233 cm³/mol. The Labute approximate surface area is 352 Å². The van der Waals surface area contributed by atoms with Gasteiger partial charge in [-0.1, -0.05) is 93.5 Å². The minimum absolute atomic E-state index is 0.110. The van der Waals surface area contributed by atoms with E-state index in [-0.39, 0.29) is 58.2 Å². The number of nitrogens with zero attached hydrogens (tertiary/aromatic N) is 8. The SMILES string of the molecule is CC(C)(C)CC(C)(C)c1cc(-n2nc3ccccc3n2)c(O)c(S(=O)(=O)N2CCN(S(=O)(=O)c3cc(C(C)(C)CC(C)(C)C)cc(-n4nc5ccccc5n4)c3O)CC2)c1. The highest BCUT2D eigenvalue weighted by molar-refractivity contribution is 7.89. The standard InChI is InChI=1S/C44H56N8O6S2/c1-41(2,3)27-43(7,8)29-23-35(51-45-31-15-11-12-16-32(31)46-51)39(53)37(25-29)59(55,56)49-19-21-50(22-20-49)60(57,58)38-26-30(44(9,10)28-42(4,5)6)24-36(40(38)54)52-47-33-17-13-14-18-34(33)48-52/h11-18,23-26,53-54H,19-22,27-28H2,1-10H3. The minimum Gasteiger partial charge on any atom is -0.504 e. The van der Waals surface area contributed by atoms with Gasteiger partial charge in [0.05, 0.1) is 0 Å². The molecule has 0 aliphatic carbocycles. The van der Waals surface area contributed by atoms with Crippen molar-refractivity contribution < 1.29 is 27.0 Å². The summed E-state index contributed by atoms with van der Waals surface area (Å²) in [5.41, 5.74) is 2.61. The molecule has 0 unspecified atom stereocenters. The molecule has 2 aromatic heterocycles. The summed E-state index contributed by atoms with van der Waals surface area (Å²) >= 11 is 0. The maximum atomic E-state index is 14.6. The molecule has 6 aromatic rings. The number of aromatic nitrogens is 6. The summed E-state index contributed by atoms with van der Waals surface area (Å²) in [7, 11) is -8.79. The highest BCUT2D eigenvalue weighted by Crippen LogP contribution is 2.44. The van der Waals surface area contributed by atoms with Crippen molar-refractivity contribution in [2.24, 2.45) is 10.8 Å². The summed E-state index contributed by atoms with van der Waals surface area (Å²) in [6.45, 7) is 20.0. The number of sulfonamides is 2. The third-order valence-corrected chi connectivity index (χ3v) is 14.9. The Morgan fingerprint density at radius 1 is 0.500 bits per heavy atom. The van der Waals surface area contributed by atoms with Crippen molar-refractivity contribution in [3.05, 3.63) is 83.9 Å². The van der Waals surface area contributed by atoms with Crippen LogP contribution in [-0.2, 0) is 30.9 Å². The van der Waals surface area contributed by atoms with Gasteiger partial charge in [0.25, 0.3) is 0 Å². The van der Waals surface area contributed by atoms with Gasteiger partial charge in [0, 0.05) is 26.2 Å². The molecule has 16 heteroatoms. The number of rotatable bonds is 10. The molecule has 2 N–H and O–H groups in total. The smallest absolute Gasteiger partial charge is 0.246 e. The molecule has 1 aliphatic heterocycles. The first-order valence-corrected chi connectivity index (χ1v) is 23.1. The van der Waals surface area contributed by atoms with E-state index in [4.69, 9.17) is 0 Å². The lowest BCUT2D eigenvalue weighted by atomic mass is 9.72. The zero-order valence-electron chi connectivity index (χ0n) is 36.1. The molecule has 7 rings (SSSR count). The Morgan fingerprint density at radius 3 is 1.05 bits per heavy atom. The van der Waals surface area contributed by atoms with Crippen LogP contribution in [0, 0.1) is 10.8 Å². The normalized spacial score (nSPS) is 15.6. The van der Waals surface area contributed by atoms with E-state index in [1.807, 2.05) is 52.0 Å². The molecule has 4 aromatic carbocycles. The molecule has 0 spiro atoms. The molecule has 0 radical (unpaired) electrons. The van der Waals surface area contributed by atoms with Gasteiger partial charge in [0.1, 0.15) is 43.2 Å². The van der Waals surface area contributed by atoms with Crippen molar-refractivity contribution in [2.45, 2.75) is 103 Å². The second kappa shape index (κ2) is 14.9. The molecule has 1 aliphatic rings. The van der Waals surface area contributed by atoms with Crippen LogP contribution in [0.3, 0.4) is 0 Å². The van der Waals surface area contributed by atoms with Gasteiger partial charge in [-0.2, -0.15) is 8.61 Å². The van der Waals surface area contributed by atoms with Crippen molar-refractivity contribution in [1.82, 2.24) is 38.6 Å². The molecule has 0 saturated carbocycles. The average molecular weight is 857 g/mol. The van der Waals surface area contributed by atoms with Crippen LogP contribution < -0.4 is 0 Å². The van der Waals surface area contributed by atoms with E-state index in [0.29, 0.717) is 46.0 Å². The summed E-state index contributed by atoms with van der Waals surface area (Å²) in [5, 5.41) is 41.8. The van der Waals surface area contributed by atoms with Gasteiger partial charge in [0.15, 0.2) is 11.5 Å². The minimum atomic E-state index is -4.40. The van der Waals surface area contributed by atoms with Crippen LogP contribution in [0.1, 0.15) is 93.2 Å². The summed E-state index contributed by atoms with van der Waals surface area (Å²) in [6.07, 6.45) is 1.40. The Balaban J connectivity index is 1.25.